The van der Waals surface area contributed by atoms with E-state index in [1.165, 1.54) is 0 Å². The fraction of sp³-hybridized carbons (Fsp3) is 0.917. The highest BCUT2D eigenvalue weighted by atomic mass is 16.5. The minimum Gasteiger partial charge on any atom is -0.396 e. The number of methoxy groups -OCH3 is 1. The minimum atomic E-state index is -0.499. The number of aliphatic hydroxyl groups excluding tert-OH is 1. The molecular formula is C12H26N2O3. The number of nitrogens with one attached hydrogen (secondary N) is 1. The Morgan fingerprint density at radius 1 is 1.47 bits per heavy atom. The van der Waals surface area contributed by atoms with Crippen molar-refractivity contribution >= 4 is 5.91 Å². The van der Waals surface area contributed by atoms with Crippen molar-refractivity contribution < 1.29 is 14.6 Å². The summed E-state index contributed by atoms with van der Waals surface area (Å²) in [5.74, 6) is -0.0412. The number of nitrogens with two attached hydrogens (primary N) is 1. The molecule has 0 rings (SSSR count). The molecule has 0 aliphatic heterocycles. The van der Waals surface area contributed by atoms with E-state index in [1.54, 1.807) is 7.11 Å². The molecule has 17 heavy (non-hydrogen) atoms. The maximum Gasteiger partial charge on any atom is 0.227 e. The van der Waals surface area contributed by atoms with E-state index in [9.17, 15) is 4.79 Å². The van der Waals surface area contributed by atoms with E-state index in [-0.39, 0.29) is 18.6 Å². The lowest BCUT2D eigenvalue weighted by molar-refractivity contribution is -0.132. The third-order valence-electron chi connectivity index (χ3n) is 3.41. The molecule has 0 radical (unpaired) electrons. The van der Waals surface area contributed by atoms with Gasteiger partial charge in [0.25, 0.3) is 0 Å². The van der Waals surface area contributed by atoms with Crippen molar-refractivity contribution in [2.45, 2.75) is 39.2 Å². The quantitative estimate of drug-likeness (QED) is 0.545. The average Bonchev–Trinajstić information content (AvgIpc) is 2.32. The molecule has 0 aromatic carbocycles. The summed E-state index contributed by atoms with van der Waals surface area (Å²) < 4.78 is 5.01. The summed E-state index contributed by atoms with van der Waals surface area (Å²) in [5, 5.41) is 11.8. The van der Waals surface area contributed by atoms with Crippen LogP contribution in [-0.2, 0) is 9.53 Å². The molecule has 0 saturated heterocycles. The first-order valence-electron chi connectivity index (χ1n) is 6.21. The number of rotatable bonds is 9. The summed E-state index contributed by atoms with van der Waals surface area (Å²) in [5.41, 5.74) is 5.21. The van der Waals surface area contributed by atoms with Crippen LogP contribution in [0.2, 0.25) is 0 Å². The van der Waals surface area contributed by atoms with Crippen LogP contribution in [0.4, 0.5) is 0 Å². The molecule has 0 saturated carbocycles. The molecular weight excluding hydrogens is 220 g/mol. The van der Waals surface area contributed by atoms with Gasteiger partial charge in [0, 0.05) is 20.3 Å². The fourth-order valence-corrected chi connectivity index (χ4v) is 1.85. The second-order valence-electron chi connectivity index (χ2n) is 4.33. The van der Waals surface area contributed by atoms with Gasteiger partial charge in [-0.15, -0.1) is 0 Å². The average molecular weight is 246 g/mol. The van der Waals surface area contributed by atoms with E-state index >= 15 is 0 Å². The van der Waals surface area contributed by atoms with E-state index < -0.39 is 5.41 Å². The molecule has 0 bridgehead atoms. The van der Waals surface area contributed by atoms with Crippen molar-refractivity contribution in [1.29, 1.82) is 0 Å². The van der Waals surface area contributed by atoms with Crippen LogP contribution in [0.15, 0.2) is 0 Å². The summed E-state index contributed by atoms with van der Waals surface area (Å²) in [4.78, 5) is 12.2. The molecule has 5 heteroatoms. The number of hydrogen-bond donors (Lipinski definition) is 3. The zero-order chi connectivity index (χ0) is 13.3. The van der Waals surface area contributed by atoms with Crippen LogP contribution in [0.1, 0.15) is 33.1 Å². The smallest absolute Gasteiger partial charge is 0.227 e. The zero-order valence-corrected chi connectivity index (χ0v) is 11.2. The van der Waals surface area contributed by atoms with Gasteiger partial charge in [-0.25, -0.2) is 0 Å². The van der Waals surface area contributed by atoms with E-state index in [0.29, 0.717) is 32.4 Å². The molecule has 102 valence electrons. The van der Waals surface area contributed by atoms with Gasteiger partial charge in [-0.2, -0.15) is 0 Å². The van der Waals surface area contributed by atoms with Gasteiger partial charge in [-0.05, 0) is 19.3 Å². The molecule has 4 N–H and O–H groups in total. The standard InChI is InChI=1S/C12H26N2O3/c1-4-12(5-2,9-13)11(16)14-10(6-7-15)8-17-3/h10,15H,4-9,13H2,1-3H3,(H,14,16). The van der Waals surface area contributed by atoms with Crippen molar-refractivity contribution in [1.82, 2.24) is 5.32 Å². The Labute approximate surface area is 104 Å². The zero-order valence-electron chi connectivity index (χ0n) is 11.2. The second kappa shape index (κ2) is 8.44. The Morgan fingerprint density at radius 3 is 2.41 bits per heavy atom. The molecule has 0 spiro atoms. The molecule has 1 atom stereocenters. The molecule has 0 fully saturated rings. The number of hydrogen-bond acceptors (Lipinski definition) is 4. The van der Waals surface area contributed by atoms with Crippen molar-refractivity contribution in [2.24, 2.45) is 11.1 Å². The third kappa shape index (κ3) is 4.61. The maximum atomic E-state index is 12.2. The summed E-state index contributed by atoms with van der Waals surface area (Å²) in [6.07, 6.45) is 1.92. The lowest BCUT2D eigenvalue weighted by Gasteiger charge is -2.31. The Balaban J connectivity index is 4.55. The van der Waals surface area contributed by atoms with Crippen LogP contribution in [0.5, 0.6) is 0 Å². The summed E-state index contributed by atoms with van der Waals surface area (Å²) in [7, 11) is 1.58. The van der Waals surface area contributed by atoms with Crippen molar-refractivity contribution in [3.05, 3.63) is 0 Å². The molecule has 0 heterocycles. The highest BCUT2D eigenvalue weighted by Gasteiger charge is 2.34. The molecule has 0 aliphatic carbocycles. The largest absolute Gasteiger partial charge is 0.396 e. The number of amides is 1. The normalized spacial score (nSPS) is 13.5. The molecule has 0 aromatic rings. The Hall–Kier alpha value is -0.650. The van der Waals surface area contributed by atoms with Gasteiger partial charge in [0.1, 0.15) is 0 Å². The molecule has 5 nitrogen and oxygen atoms in total. The molecule has 0 aromatic heterocycles. The van der Waals surface area contributed by atoms with Crippen LogP contribution in [0.3, 0.4) is 0 Å². The van der Waals surface area contributed by atoms with Gasteiger partial charge in [0.15, 0.2) is 0 Å². The Bertz CT molecular complexity index is 204. The van der Waals surface area contributed by atoms with E-state index in [1.807, 2.05) is 13.8 Å². The number of aliphatic hydroxyl groups is 1. The van der Waals surface area contributed by atoms with E-state index in [2.05, 4.69) is 5.32 Å². The number of carbonyl (C=O) groups excluding carboxylic acids is 1. The van der Waals surface area contributed by atoms with Crippen LogP contribution in [0.25, 0.3) is 0 Å². The lowest BCUT2D eigenvalue weighted by Crippen LogP contribution is -2.50. The molecule has 1 unspecified atom stereocenters. The lowest BCUT2D eigenvalue weighted by atomic mass is 9.81. The number of ether oxygens (including phenoxy) is 1. The summed E-state index contributed by atoms with van der Waals surface area (Å²) >= 11 is 0. The van der Waals surface area contributed by atoms with E-state index in [4.69, 9.17) is 15.6 Å². The van der Waals surface area contributed by atoms with Gasteiger partial charge < -0.3 is 20.9 Å². The van der Waals surface area contributed by atoms with Crippen LogP contribution in [-0.4, -0.2) is 43.9 Å². The Morgan fingerprint density at radius 2 is 2.06 bits per heavy atom. The number of carbonyl (C=O) groups is 1. The predicted molar refractivity (Wildman–Crippen MR) is 67.6 cm³/mol. The summed E-state index contributed by atoms with van der Waals surface area (Å²) in [6, 6.07) is -0.151. The van der Waals surface area contributed by atoms with Gasteiger partial charge in [-0.3, -0.25) is 4.79 Å². The Kier molecular flexibility index (Phi) is 8.12. The predicted octanol–water partition coefficient (Wildman–Crippen LogP) is 0.265. The third-order valence-corrected chi connectivity index (χ3v) is 3.41. The van der Waals surface area contributed by atoms with Crippen molar-refractivity contribution in [3.8, 4) is 0 Å². The minimum absolute atomic E-state index is 0.0299. The van der Waals surface area contributed by atoms with Crippen LogP contribution in [0, 0.1) is 5.41 Å². The molecule has 0 aliphatic rings. The van der Waals surface area contributed by atoms with Gasteiger partial charge in [0.2, 0.25) is 5.91 Å². The fourth-order valence-electron chi connectivity index (χ4n) is 1.85. The van der Waals surface area contributed by atoms with Crippen LogP contribution < -0.4 is 11.1 Å². The van der Waals surface area contributed by atoms with Crippen molar-refractivity contribution in [2.75, 3.05) is 26.9 Å². The van der Waals surface area contributed by atoms with Gasteiger partial charge >= 0.3 is 0 Å². The first kappa shape index (κ1) is 16.4. The SMILES string of the molecule is CCC(CC)(CN)C(=O)NC(CCO)COC. The maximum absolute atomic E-state index is 12.2. The molecule has 1 amide bonds. The van der Waals surface area contributed by atoms with Gasteiger partial charge in [-0.1, -0.05) is 13.8 Å². The van der Waals surface area contributed by atoms with Crippen LogP contribution >= 0.6 is 0 Å². The first-order valence-corrected chi connectivity index (χ1v) is 6.21. The monoisotopic (exact) mass is 246 g/mol. The topological polar surface area (TPSA) is 84.6 Å². The summed E-state index contributed by atoms with van der Waals surface area (Å²) in [6.45, 7) is 4.70. The first-order chi connectivity index (χ1) is 8.10. The van der Waals surface area contributed by atoms with E-state index in [0.717, 1.165) is 0 Å². The highest BCUT2D eigenvalue weighted by molar-refractivity contribution is 5.83. The van der Waals surface area contributed by atoms with Gasteiger partial charge in [0.05, 0.1) is 18.1 Å². The second-order valence-corrected chi connectivity index (χ2v) is 4.33. The van der Waals surface area contributed by atoms with Crippen molar-refractivity contribution in [3.63, 3.8) is 0 Å². The highest BCUT2D eigenvalue weighted by Crippen LogP contribution is 2.25.